The van der Waals surface area contributed by atoms with Crippen molar-refractivity contribution in [3.05, 3.63) is 76.8 Å². The molecule has 1 amide bonds. The van der Waals surface area contributed by atoms with E-state index in [0.29, 0.717) is 26.4 Å². The Morgan fingerprint density at radius 3 is 2.44 bits per heavy atom. The fourth-order valence-electron chi connectivity index (χ4n) is 3.07. The van der Waals surface area contributed by atoms with Gasteiger partial charge in [0.1, 0.15) is 12.2 Å². The fourth-order valence-corrected chi connectivity index (χ4v) is 4.73. The zero-order valence-electron chi connectivity index (χ0n) is 16.3. The van der Waals surface area contributed by atoms with Crippen LogP contribution in [-0.2, 0) is 4.79 Å². The Morgan fingerprint density at radius 2 is 1.81 bits per heavy atom. The zero-order valence-corrected chi connectivity index (χ0v) is 18.6. The lowest BCUT2D eigenvalue weighted by molar-refractivity contribution is -0.135. The van der Waals surface area contributed by atoms with Crippen LogP contribution in [0.5, 0.6) is 0 Å². The number of amides is 1. The molecule has 0 saturated carbocycles. The first kappa shape index (κ1) is 21.9. The van der Waals surface area contributed by atoms with Gasteiger partial charge in [-0.3, -0.25) is 14.2 Å². The second-order valence-electron chi connectivity index (χ2n) is 6.68. The maximum atomic E-state index is 11.5. The molecule has 0 atom stereocenters. The van der Waals surface area contributed by atoms with Crippen LogP contribution in [0.15, 0.2) is 66.0 Å². The number of carbonyl (C=O) groups is 2. The van der Waals surface area contributed by atoms with Gasteiger partial charge in [0.25, 0.3) is 5.91 Å². The quantitative estimate of drug-likeness (QED) is 0.370. The summed E-state index contributed by atoms with van der Waals surface area (Å²) in [6.45, 7) is -0.235. The predicted octanol–water partition coefficient (Wildman–Crippen LogP) is 4.42. The maximum absolute atomic E-state index is 11.5. The van der Waals surface area contributed by atoms with Crippen molar-refractivity contribution in [2.45, 2.75) is 4.90 Å². The average molecular weight is 488 g/mol. The number of fused-ring (bicyclic) bond motifs is 1. The SMILES string of the molecule is NC(=O)c1cnc(-n2ccc3cc(N(CC(=O)O)Sc4cc(Cl)cc(Cl)c4)ccc32)cn1. The van der Waals surface area contributed by atoms with E-state index >= 15 is 0 Å². The first-order valence-electron chi connectivity index (χ1n) is 9.17. The van der Waals surface area contributed by atoms with Crippen molar-refractivity contribution in [3.8, 4) is 5.82 Å². The summed E-state index contributed by atoms with van der Waals surface area (Å²) in [5, 5.41) is 11.2. The van der Waals surface area contributed by atoms with Gasteiger partial charge in [0.05, 0.1) is 17.9 Å². The number of carbonyl (C=O) groups excluding carboxylic acids is 1. The van der Waals surface area contributed by atoms with Gasteiger partial charge >= 0.3 is 5.97 Å². The van der Waals surface area contributed by atoms with Crippen LogP contribution in [0.1, 0.15) is 10.5 Å². The fraction of sp³-hybridized carbons (Fsp3) is 0.0476. The molecule has 4 rings (SSSR count). The average Bonchev–Trinajstić information content (AvgIpc) is 3.15. The number of aliphatic carboxylic acids is 1. The lowest BCUT2D eigenvalue weighted by atomic mass is 10.2. The van der Waals surface area contributed by atoms with Crippen molar-refractivity contribution in [1.29, 1.82) is 0 Å². The van der Waals surface area contributed by atoms with Crippen LogP contribution in [0.3, 0.4) is 0 Å². The van der Waals surface area contributed by atoms with Crippen LogP contribution in [-0.4, -0.2) is 38.1 Å². The van der Waals surface area contributed by atoms with Gasteiger partial charge in [-0.15, -0.1) is 0 Å². The molecule has 8 nitrogen and oxygen atoms in total. The molecule has 2 aromatic heterocycles. The number of anilines is 1. The van der Waals surface area contributed by atoms with Crippen molar-refractivity contribution < 1.29 is 14.7 Å². The number of halogens is 2. The van der Waals surface area contributed by atoms with Crippen LogP contribution in [0.2, 0.25) is 10.0 Å². The molecule has 0 saturated heterocycles. The molecule has 162 valence electrons. The maximum Gasteiger partial charge on any atom is 0.324 e. The molecule has 0 unspecified atom stereocenters. The summed E-state index contributed by atoms with van der Waals surface area (Å²) in [5.74, 6) is -1.11. The largest absolute Gasteiger partial charge is 0.480 e. The summed E-state index contributed by atoms with van der Waals surface area (Å²) in [6, 6.07) is 12.5. The molecule has 0 aliphatic carbocycles. The van der Waals surface area contributed by atoms with Gasteiger partial charge in [0.15, 0.2) is 5.82 Å². The molecule has 2 heterocycles. The zero-order chi connectivity index (χ0) is 22.8. The Kier molecular flexibility index (Phi) is 6.22. The van der Waals surface area contributed by atoms with Crippen molar-refractivity contribution in [1.82, 2.24) is 14.5 Å². The monoisotopic (exact) mass is 487 g/mol. The van der Waals surface area contributed by atoms with E-state index in [2.05, 4.69) is 9.97 Å². The highest BCUT2D eigenvalue weighted by molar-refractivity contribution is 8.00. The van der Waals surface area contributed by atoms with Gasteiger partial charge in [0, 0.05) is 32.2 Å². The molecule has 0 radical (unpaired) electrons. The third-order valence-electron chi connectivity index (χ3n) is 4.43. The standard InChI is InChI=1S/C21H15Cl2N5O3S/c22-13-6-14(23)8-16(7-13)32-28(11-20(29)30)15-1-2-18-12(5-15)3-4-27(18)19-10-25-17(9-26-19)21(24)31/h1-10H,11H2,(H2,24,31)(H,29,30). The normalized spacial score (nSPS) is 10.9. The summed E-state index contributed by atoms with van der Waals surface area (Å²) < 4.78 is 3.45. The molecule has 3 N–H and O–H groups in total. The Morgan fingerprint density at radius 1 is 1.06 bits per heavy atom. The van der Waals surface area contributed by atoms with Gasteiger partial charge in [-0.25, -0.2) is 9.97 Å². The Balaban J connectivity index is 1.67. The predicted molar refractivity (Wildman–Crippen MR) is 125 cm³/mol. The first-order chi connectivity index (χ1) is 15.3. The van der Waals surface area contributed by atoms with Crippen molar-refractivity contribution in [3.63, 3.8) is 0 Å². The molecule has 0 spiro atoms. The van der Waals surface area contributed by atoms with E-state index in [1.54, 1.807) is 22.5 Å². The van der Waals surface area contributed by atoms with Crippen LogP contribution >= 0.6 is 35.1 Å². The van der Waals surface area contributed by atoms with Gasteiger partial charge in [0.2, 0.25) is 0 Å². The molecule has 0 aliphatic rings. The van der Waals surface area contributed by atoms with E-state index in [1.807, 2.05) is 35.0 Å². The lowest BCUT2D eigenvalue weighted by Gasteiger charge is -2.22. The van der Waals surface area contributed by atoms with Crippen molar-refractivity contribution in [2.75, 3.05) is 10.8 Å². The van der Waals surface area contributed by atoms with E-state index in [1.165, 1.54) is 24.3 Å². The Bertz CT molecular complexity index is 1310. The van der Waals surface area contributed by atoms with Crippen molar-refractivity contribution >= 4 is 63.6 Å². The first-order valence-corrected chi connectivity index (χ1v) is 10.7. The highest BCUT2D eigenvalue weighted by Crippen LogP contribution is 2.34. The van der Waals surface area contributed by atoms with Crippen molar-refractivity contribution in [2.24, 2.45) is 5.73 Å². The smallest absolute Gasteiger partial charge is 0.324 e. The number of rotatable bonds is 7. The Hall–Kier alpha value is -3.27. The van der Waals surface area contributed by atoms with Crippen LogP contribution in [0.25, 0.3) is 16.7 Å². The molecule has 0 bridgehead atoms. The number of carboxylic acids is 1. The van der Waals surface area contributed by atoms with Crippen LogP contribution < -0.4 is 10.0 Å². The molecule has 4 aromatic rings. The summed E-state index contributed by atoms with van der Waals surface area (Å²) in [4.78, 5) is 31.7. The van der Waals surface area contributed by atoms with Gasteiger partial charge in [-0.1, -0.05) is 23.2 Å². The minimum absolute atomic E-state index is 0.0787. The summed E-state index contributed by atoms with van der Waals surface area (Å²) >= 11 is 13.4. The Labute approximate surface area is 196 Å². The number of aromatic nitrogens is 3. The number of benzene rings is 2. The number of hydrogen-bond donors (Lipinski definition) is 2. The highest BCUT2D eigenvalue weighted by Gasteiger charge is 2.16. The number of hydrogen-bond acceptors (Lipinski definition) is 6. The number of carboxylic acid groups (broad SMARTS) is 1. The van der Waals surface area contributed by atoms with E-state index in [-0.39, 0.29) is 12.2 Å². The number of primary amides is 1. The molecular weight excluding hydrogens is 473 g/mol. The molecule has 2 aromatic carbocycles. The van der Waals surface area contributed by atoms with E-state index < -0.39 is 11.9 Å². The molecule has 0 fully saturated rings. The summed E-state index contributed by atoms with van der Waals surface area (Å²) in [7, 11) is 0. The van der Waals surface area contributed by atoms with Crippen LogP contribution in [0.4, 0.5) is 5.69 Å². The topological polar surface area (TPSA) is 114 Å². The van der Waals surface area contributed by atoms with Gasteiger partial charge in [-0.05, 0) is 54.4 Å². The summed E-state index contributed by atoms with van der Waals surface area (Å²) in [5.41, 5.74) is 6.81. The second kappa shape index (κ2) is 9.07. The molecule has 32 heavy (non-hydrogen) atoms. The lowest BCUT2D eigenvalue weighted by Crippen LogP contribution is -2.22. The van der Waals surface area contributed by atoms with E-state index in [9.17, 15) is 14.7 Å². The third kappa shape index (κ3) is 4.80. The van der Waals surface area contributed by atoms with E-state index in [0.717, 1.165) is 10.9 Å². The van der Waals surface area contributed by atoms with E-state index in [4.69, 9.17) is 28.9 Å². The summed E-state index contributed by atoms with van der Waals surface area (Å²) in [6.07, 6.45) is 4.59. The molecule has 0 aliphatic heterocycles. The third-order valence-corrected chi connectivity index (χ3v) is 5.87. The molecule has 11 heteroatoms. The number of nitrogens with two attached hydrogens (primary N) is 1. The van der Waals surface area contributed by atoms with Gasteiger partial charge < -0.3 is 15.1 Å². The van der Waals surface area contributed by atoms with Crippen LogP contribution in [0, 0.1) is 0 Å². The molecular formula is C21H15Cl2N5O3S. The minimum Gasteiger partial charge on any atom is -0.480 e. The van der Waals surface area contributed by atoms with Gasteiger partial charge in [-0.2, -0.15) is 0 Å². The second-order valence-corrected chi connectivity index (χ2v) is 8.65. The minimum atomic E-state index is -0.979. The number of nitrogens with zero attached hydrogens (tertiary/aromatic N) is 4. The highest BCUT2D eigenvalue weighted by atomic mass is 35.5.